The molecule has 1 saturated heterocycles. The van der Waals surface area contributed by atoms with Crippen LogP contribution in [0.3, 0.4) is 0 Å². The Balaban J connectivity index is 1.37. The van der Waals surface area contributed by atoms with Gasteiger partial charge in [0.1, 0.15) is 17.8 Å². The lowest BCUT2D eigenvalue weighted by Crippen LogP contribution is -2.78. The van der Waals surface area contributed by atoms with Gasteiger partial charge in [-0.05, 0) is 48.6 Å². The van der Waals surface area contributed by atoms with Gasteiger partial charge in [0.25, 0.3) is 5.91 Å². The van der Waals surface area contributed by atoms with Crippen molar-refractivity contribution in [1.29, 1.82) is 0 Å². The van der Waals surface area contributed by atoms with Crippen molar-refractivity contribution in [3.05, 3.63) is 82.9 Å². The van der Waals surface area contributed by atoms with Gasteiger partial charge in [-0.3, -0.25) is 9.59 Å². The fourth-order valence-corrected chi connectivity index (χ4v) is 9.28. The highest BCUT2D eigenvalue weighted by Crippen LogP contribution is 2.64. The normalized spacial score (nSPS) is 38.2. The molecule has 3 fully saturated rings. The molecular weight excluding hydrogens is 618 g/mol. The number of hydrogen-bond acceptors (Lipinski definition) is 10. The topological polar surface area (TPSA) is 183 Å². The van der Waals surface area contributed by atoms with Crippen LogP contribution in [-0.2, 0) is 19.1 Å². The van der Waals surface area contributed by atoms with E-state index in [1.165, 1.54) is 6.92 Å². The third-order valence-corrected chi connectivity index (χ3v) is 12.2. The van der Waals surface area contributed by atoms with E-state index in [4.69, 9.17) is 9.47 Å². The standard InChI is InChI=1S/C37H45NO10/c1-19-23(48-33(44)29(41)27(21-12-8-6-9-13-21)38-32(43)22-14-10-7-11-15-22)17-37(46)20(2)30-35(5,24(39)16-25-36(30,45)18-47-25)31(42)28(40)26(19)34(37,3)4/h6-15,20,23-25,27-30,39-41,45-46H,16-18H2,1-5H3,(H,38,43)/t20-,23?,24?,25?,27?,28?,29?,30?,35+,36?,37?/m0/s1. The molecule has 6 rings (SSSR count). The number of nitrogens with one attached hydrogen (secondary N) is 1. The Morgan fingerprint density at radius 1 is 1.00 bits per heavy atom. The number of hydrogen-bond donors (Lipinski definition) is 6. The van der Waals surface area contributed by atoms with Gasteiger partial charge in [-0.2, -0.15) is 0 Å². The molecule has 4 aliphatic rings. The minimum absolute atomic E-state index is 0.00392. The van der Waals surface area contributed by atoms with E-state index in [0.717, 1.165) is 0 Å². The molecule has 6 N–H and O–H groups in total. The number of esters is 1. The summed E-state index contributed by atoms with van der Waals surface area (Å²) in [5, 5.41) is 62.0. The highest BCUT2D eigenvalue weighted by molar-refractivity contribution is 5.95. The molecule has 3 aliphatic carbocycles. The van der Waals surface area contributed by atoms with E-state index in [9.17, 15) is 39.9 Å². The van der Waals surface area contributed by atoms with Crippen LogP contribution in [0.4, 0.5) is 0 Å². The van der Waals surface area contributed by atoms with E-state index in [0.29, 0.717) is 16.7 Å². The van der Waals surface area contributed by atoms with E-state index in [1.54, 1.807) is 88.4 Å². The number of benzene rings is 2. The van der Waals surface area contributed by atoms with Crippen molar-refractivity contribution in [1.82, 2.24) is 5.32 Å². The molecule has 48 heavy (non-hydrogen) atoms. The first-order valence-electron chi connectivity index (χ1n) is 16.5. The van der Waals surface area contributed by atoms with Gasteiger partial charge in [0.2, 0.25) is 0 Å². The molecule has 1 aliphatic heterocycles. The number of aliphatic hydroxyl groups excluding tert-OH is 3. The van der Waals surface area contributed by atoms with Gasteiger partial charge >= 0.3 is 5.97 Å². The Bertz CT molecular complexity index is 1630. The lowest BCUT2D eigenvalue weighted by Gasteiger charge is -2.67. The molecule has 0 radical (unpaired) electrons. The monoisotopic (exact) mass is 663 g/mol. The summed E-state index contributed by atoms with van der Waals surface area (Å²) >= 11 is 0. The number of rotatable bonds is 6. The third-order valence-electron chi connectivity index (χ3n) is 12.2. The molecule has 9 unspecified atom stereocenters. The molecule has 2 aromatic rings. The van der Waals surface area contributed by atoms with Gasteiger partial charge in [0.15, 0.2) is 11.9 Å². The molecule has 0 aromatic heterocycles. The van der Waals surface area contributed by atoms with E-state index >= 15 is 0 Å². The maximum Gasteiger partial charge on any atom is 0.338 e. The van der Waals surface area contributed by atoms with Gasteiger partial charge in [0, 0.05) is 29.7 Å². The highest BCUT2D eigenvalue weighted by Gasteiger charge is 2.74. The number of ketones is 1. The first-order valence-corrected chi connectivity index (χ1v) is 16.5. The Hall–Kier alpha value is -3.45. The smallest absolute Gasteiger partial charge is 0.338 e. The van der Waals surface area contributed by atoms with Crippen LogP contribution in [0.2, 0.25) is 0 Å². The predicted octanol–water partition coefficient (Wildman–Crippen LogP) is 2.00. The first-order chi connectivity index (χ1) is 22.5. The molecule has 1 amide bonds. The molecule has 0 spiro atoms. The van der Waals surface area contributed by atoms with Crippen LogP contribution < -0.4 is 5.32 Å². The van der Waals surface area contributed by atoms with Crippen molar-refractivity contribution >= 4 is 17.7 Å². The van der Waals surface area contributed by atoms with Gasteiger partial charge in [-0.25, -0.2) is 4.79 Å². The number of ether oxygens (including phenoxy) is 2. The van der Waals surface area contributed by atoms with Crippen LogP contribution in [0.25, 0.3) is 0 Å². The van der Waals surface area contributed by atoms with E-state index < -0.39 is 88.1 Å². The van der Waals surface area contributed by atoms with Crippen molar-refractivity contribution in [2.75, 3.05) is 6.61 Å². The van der Waals surface area contributed by atoms with E-state index in [-0.39, 0.29) is 25.0 Å². The second-order valence-electron chi connectivity index (χ2n) is 14.8. The molecule has 2 bridgehead atoms. The van der Waals surface area contributed by atoms with Gasteiger partial charge in [-0.15, -0.1) is 0 Å². The fraction of sp³-hybridized carbons (Fsp3) is 0.541. The third kappa shape index (κ3) is 4.89. The Morgan fingerprint density at radius 3 is 2.19 bits per heavy atom. The van der Waals surface area contributed by atoms with Crippen molar-refractivity contribution in [2.45, 2.75) is 95.2 Å². The zero-order chi connectivity index (χ0) is 35.0. The summed E-state index contributed by atoms with van der Waals surface area (Å²) < 4.78 is 11.5. The number of carbonyl (C=O) groups excluding carboxylic acids is 3. The van der Waals surface area contributed by atoms with Crippen LogP contribution in [0.15, 0.2) is 71.8 Å². The van der Waals surface area contributed by atoms with Gasteiger partial charge < -0.3 is 40.3 Å². The molecule has 11 atom stereocenters. The minimum atomic E-state index is -1.87. The van der Waals surface area contributed by atoms with Crippen LogP contribution >= 0.6 is 0 Å². The molecule has 11 heteroatoms. The van der Waals surface area contributed by atoms with Gasteiger partial charge in [0.05, 0.1) is 35.9 Å². The lowest BCUT2D eigenvalue weighted by molar-refractivity contribution is -0.335. The number of Topliss-reactive ketones (excluding diaryl/α,β-unsaturated/α-hetero) is 1. The molecule has 258 valence electrons. The SMILES string of the molecule is CC1=C2C(O)C(=O)[C@]3(C)C(O)CC4OCC4(O)C3[C@H](C)C(O)(CC1OC(=O)C(O)C(NC(=O)c1ccccc1)c1ccccc1)C2(C)C. The quantitative estimate of drug-likeness (QED) is 0.198. The summed E-state index contributed by atoms with van der Waals surface area (Å²) in [5.74, 6) is -4.18. The van der Waals surface area contributed by atoms with Crippen LogP contribution in [-0.4, -0.2) is 91.5 Å². The van der Waals surface area contributed by atoms with E-state index in [2.05, 4.69) is 5.32 Å². The average Bonchev–Trinajstić information content (AvgIpc) is 3.06. The summed E-state index contributed by atoms with van der Waals surface area (Å²) in [6.45, 7) is 8.16. The Kier molecular flexibility index (Phi) is 8.50. The van der Waals surface area contributed by atoms with Crippen LogP contribution in [0, 0.1) is 22.7 Å². The number of amides is 1. The highest BCUT2D eigenvalue weighted by atomic mass is 16.6. The maximum absolute atomic E-state index is 14.3. The molecular formula is C37H45NO10. The van der Waals surface area contributed by atoms with E-state index in [1.807, 2.05) is 0 Å². The van der Waals surface area contributed by atoms with Crippen molar-refractivity contribution < 1.29 is 49.4 Å². The molecule has 11 nitrogen and oxygen atoms in total. The maximum atomic E-state index is 14.3. The van der Waals surface area contributed by atoms with Crippen LogP contribution in [0.5, 0.6) is 0 Å². The summed E-state index contributed by atoms with van der Waals surface area (Å²) in [6.07, 6.45) is -7.06. The van der Waals surface area contributed by atoms with Crippen molar-refractivity contribution in [2.24, 2.45) is 22.7 Å². The van der Waals surface area contributed by atoms with Gasteiger partial charge in [-0.1, -0.05) is 69.3 Å². The molecule has 1 heterocycles. The second-order valence-corrected chi connectivity index (χ2v) is 14.8. The zero-order valence-corrected chi connectivity index (χ0v) is 27.8. The molecule has 2 aromatic carbocycles. The predicted molar refractivity (Wildman–Crippen MR) is 172 cm³/mol. The number of carbonyl (C=O) groups is 3. The summed E-state index contributed by atoms with van der Waals surface area (Å²) in [5.41, 5.74) is -4.94. The average molecular weight is 664 g/mol. The summed E-state index contributed by atoms with van der Waals surface area (Å²) in [6, 6.07) is 15.6. The largest absolute Gasteiger partial charge is 0.456 e. The second kappa shape index (κ2) is 11.9. The summed E-state index contributed by atoms with van der Waals surface area (Å²) in [4.78, 5) is 41.2. The number of aliphatic hydroxyl groups is 5. The number of fused-ring (bicyclic) bond motifs is 5. The van der Waals surface area contributed by atoms with Crippen molar-refractivity contribution in [3.63, 3.8) is 0 Å². The fourth-order valence-electron chi connectivity index (χ4n) is 9.28. The lowest BCUT2D eigenvalue weighted by atomic mass is 9.43. The zero-order valence-electron chi connectivity index (χ0n) is 27.8. The molecule has 2 saturated carbocycles. The summed E-state index contributed by atoms with van der Waals surface area (Å²) in [7, 11) is 0. The van der Waals surface area contributed by atoms with Crippen molar-refractivity contribution in [3.8, 4) is 0 Å². The minimum Gasteiger partial charge on any atom is -0.456 e. The Labute approximate surface area is 279 Å². The van der Waals surface area contributed by atoms with Crippen LogP contribution in [0.1, 0.15) is 69.4 Å². The Morgan fingerprint density at radius 2 is 1.60 bits per heavy atom. The first kappa shape index (κ1) is 34.4.